The van der Waals surface area contributed by atoms with E-state index in [9.17, 15) is 19.2 Å². The fourth-order valence-corrected chi connectivity index (χ4v) is 2.50. The van der Waals surface area contributed by atoms with E-state index < -0.39 is 35.3 Å². The van der Waals surface area contributed by atoms with Crippen molar-refractivity contribution >= 4 is 23.8 Å². The second-order valence-electron chi connectivity index (χ2n) is 5.32. The standard InChI is InChI=1S/C16H18N2O5/c1-4-12(19)23-16(10(2)11-8-6-5-7-9-11)13(20)17-15(22)18(3)14(16)21/h5-10H,4H2,1-3H3,(H,17,20,22). The highest BCUT2D eigenvalue weighted by Crippen LogP contribution is 2.35. The average molecular weight is 318 g/mol. The van der Waals surface area contributed by atoms with Crippen molar-refractivity contribution in [3.63, 3.8) is 0 Å². The summed E-state index contributed by atoms with van der Waals surface area (Å²) in [4.78, 5) is 49.4. The molecule has 0 aliphatic carbocycles. The number of nitrogens with zero attached hydrogens (tertiary/aromatic N) is 1. The fraction of sp³-hybridized carbons (Fsp3) is 0.375. The number of carbonyl (C=O) groups excluding carboxylic acids is 4. The molecule has 23 heavy (non-hydrogen) atoms. The quantitative estimate of drug-likeness (QED) is 0.665. The van der Waals surface area contributed by atoms with Gasteiger partial charge in [0.1, 0.15) is 0 Å². The molecule has 7 nitrogen and oxygen atoms in total. The Morgan fingerprint density at radius 2 is 1.87 bits per heavy atom. The number of amides is 4. The number of hydrogen-bond donors (Lipinski definition) is 1. The van der Waals surface area contributed by atoms with Crippen LogP contribution in [0.2, 0.25) is 0 Å². The van der Waals surface area contributed by atoms with E-state index in [4.69, 9.17) is 4.74 Å². The fourth-order valence-electron chi connectivity index (χ4n) is 2.50. The Balaban J connectivity index is 2.56. The molecule has 4 amide bonds. The van der Waals surface area contributed by atoms with Gasteiger partial charge >= 0.3 is 12.0 Å². The Labute approximate surface area is 133 Å². The normalized spacial score (nSPS) is 22.6. The van der Waals surface area contributed by atoms with E-state index in [0.717, 1.165) is 4.90 Å². The van der Waals surface area contributed by atoms with Crippen molar-refractivity contribution < 1.29 is 23.9 Å². The van der Waals surface area contributed by atoms with Gasteiger partial charge in [-0.25, -0.2) is 4.79 Å². The Morgan fingerprint density at radius 1 is 1.26 bits per heavy atom. The van der Waals surface area contributed by atoms with E-state index in [1.165, 1.54) is 7.05 Å². The minimum Gasteiger partial charge on any atom is -0.438 e. The lowest BCUT2D eigenvalue weighted by molar-refractivity contribution is -0.182. The van der Waals surface area contributed by atoms with E-state index in [-0.39, 0.29) is 6.42 Å². The van der Waals surface area contributed by atoms with Gasteiger partial charge in [0.2, 0.25) is 0 Å². The highest BCUT2D eigenvalue weighted by molar-refractivity contribution is 6.22. The van der Waals surface area contributed by atoms with Gasteiger partial charge in [0.25, 0.3) is 17.4 Å². The molecule has 0 spiro atoms. The molecular formula is C16H18N2O5. The Hall–Kier alpha value is -2.70. The topological polar surface area (TPSA) is 92.8 Å². The van der Waals surface area contributed by atoms with Gasteiger partial charge in [0, 0.05) is 19.4 Å². The molecule has 1 aromatic rings. The molecule has 0 aromatic heterocycles. The maximum Gasteiger partial charge on any atom is 0.330 e. The van der Waals surface area contributed by atoms with Crippen molar-refractivity contribution in [2.75, 3.05) is 7.05 Å². The Morgan fingerprint density at radius 3 is 2.43 bits per heavy atom. The number of esters is 1. The first-order valence-electron chi connectivity index (χ1n) is 7.25. The highest BCUT2D eigenvalue weighted by atomic mass is 16.6. The first-order valence-corrected chi connectivity index (χ1v) is 7.25. The number of carbonyl (C=O) groups is 4. The largest absolute Gasteiger partial charge is 0.438 e. The van der Waals surface area contributed by atoms with Crippen LogP contribution in [0.5, 0.6) is 0 Å². The molecule has 1 fully saturated rings. The molecule has 7 heteroatoms. The van der Waals surface area contributed by atoms with Crippen molar-refractivity contribution in [3.8, 4) is 0 Å². The van der Waals surface area contributed by atoms with Crippen LogP contribution in [0.3, 0.4) is 0 Å². The third-order valence-corrected chi connectivity index (χ3v) is 3.96. The summed E-state index contributed by atoms with van der Waals surface area (Å²) in [6.07, 6.45) is 0.00147. The SMILES string of the molecule is CCC(=O)OC1(C(C)c2ccccc2)C(=O)NC(=O)N(C)C1=O. The summed E-state index contributed by atoms with van der Waals surface area (Å²) >= 11 is 0. The van der Waals surface area contributed by atoms with Crippen molar-refractivity contribution in [1.82, 2.24) is 10.2 Å². The van der Waals surface area contributed by atoms with Crippen molar-refractivity contribution in [2.24, 2.45) is 0 Å². The van der Waals surface area contributed by atoms with Crippen molar-refractivity contribution in [1.29, 1.82) is 0 Å². The summed E-state index contributed by atoms with van der Waals surface area (Å²) in [6, 6.07) is 7.90. The summed E-state index contributed by atoms with van der Waals surface area (Å²) in [5.74, 6) is -3.24. The molecule has 2 rings (SSSR count). The minimum atomic E-state index is -2.10. The predicted molar refractivity (Wildman–Crippen MR) is 80.3 cm³/mol. The monoisotopic (exact) mass is 318 g/mol. The smallest absolute Gasteiger partial charge is 0.330 e. The lowest BCUT2D eigenvalue weighted by atomic mass is 9.80. The number of hydrogen-bond acceptors (Lipinski definition) is 5. The zero-order valence-electron chi connectivity index (χ0n) is 13.2. The maximum atomic E-state index is 12.7. The number of rotatable bonds is 4. The maximum absolute atomic E-state index is 12.7. The number of nitrogens with one attached hydrogen (secondary N) is 1. The van der Waals surface area contributed by atoms with E-state index >= 15 is 0 Å². The molecule has 0 radical (unpaired) electrons. The van der Waals surface area contributed by atoms with Gasteiger partial charge in [0.15, 0.2) is 0 Å². The van der Waals surface area contributed by atoms with Crippen molar-refractivity contribution in [2.45, 2.75) is 31.8 Å². The second-order valence-corrected chi connectivity index (χ2v) is 5.32. The van der Waals surface area contributed by atoms with Crippen LogP contribution in [0, 0.1) is 0 Å². The van der Waals surface area contributed by atoms with Crippen LogP contribution in [0.4, 0.5) is 4.79 Å². The predicted octanol–water partition coefficient (Wildman–Crippen LogP) is 1.19. The second kappa shape index (κ2) is 6.20. The minimum absolute atomic E-state index is 0.00147. The highest BCUT2D eigenvalue weighted by Gasteiger charge is 2.60. The van der Waals surface area contributed by atoms with Crippen molar-refractivity contribution in [3.05, 3.63) is 35.9 Å². The van der Waals surface area contributed by atoms with Crippen LogP contribution in [0.25, 0.3) is 0 Å². The zero-order chi connectivity index (χ0) is 17.2. The van der Waals surface area contributed by atoms with Crippen LogP contribution < -0.4 is 5.32 Å². The van der Waals surface area contributed by atoms with Gasteiger partial charge in [-0.2, -0.15) is 0 Å². The van der Waals surface area contributed by atoms with Gasteiger partial charge in [-0.1, -0.05) is 44.2 Å². The molecule has 1 heterocycles. The lowest BCUT2D eigenvalue weighted by Crippen LogP contribution is -2.70. The first kappa shape index (κ1) is 16.7. The van der Waals surface area contributed by atoms with Crippen LogP contribution in [0.15, 0.2) is 30.3 Å². The summed E-state index contributed by atoms with van der Waals surface area (Å²) in [7, 11) is 1.23. The van der Waals surface area contributed by atoms with Gasteiger partial charge < -0.3 is 4.74 Å². The summed E-state index contributed by atoms with van der Waals surface area (Å²) in [6.45, 7) is 3.17. The molecule has 1 aliphatic heterocycles. The van der Waals surface area contributed by atoms with E-state index in [1.807, 2.05) is 0 Å². The molecule has 1 N–H and O–H groups in total. The number of urea groups is 1. The van der Waals surface area contributed by atoms with Crippen LogP contribution >= 0.6 is 0 Å². The molecule has 1 aliphatic rings. The zero-order valence-corrected chi connectivity index (χ0v) is 13.2. The summed E-state index contributed by atoms with van der Waals surface area (Å²) < 4.78 is 5.29. The molecule has 0 saturated carbocycles. The van der Waals surface area contributed by atoms with Crippen LogP contribution in [0.1, 0.15) is 31.7 Å². The third kappa shape index (κ3) is 2.69. The Kier molecular flexibility index (Phi) is 4.49. The van der Waals surface area contributed by atoms with Gasteiger partial charge in [-0.15, -0.1) is 0 Å². The van der Waals surface area contributed by atoms with Crippen LogP contribution in [-0.2, 0) is 19.1 Å². The molecular weight excluding hydrogens is 300 g/mol. The molecule has 2 atom stereocenters. The number of imide groups is 2. The summed E-state index contributed by atoms with van der Waals surface area (Å²) in [5, 5.41) is 2.08. The van der Waals surface area contributed by atoms with E-state index in [1.54, 1.807) is 44.2 Å². The van der Waals surface area contributed by atoms with Gasteiger partial charge in [0.05, 0.1) is 0 Å². The molecule has 1 aromatic carbocycles. The Bertz CT molecular complexity index is 658. The molecule has 2 unspecified atom stereocenters. The number of ether oxygens (including phenoxy) is 1. The first-order chi connectivity index (χ1) is 10.8. The molecule has 122 valence electrons. The van der Waals surface area contributed by atoms with Crippen LogP contribution in [-0.4, -0.2) is 41.4 Å². The van der Waals surface area contributed by atoms with Gasteiger partial charge in [-0.05, 0) is 5.56 Å². The lowest BCUT2D eigenvalue weighted by Gasteiger charge is -2.40. The van der Waals surface area contributed by atoms with Gasteiger partial charge in [-0.3, -0.25) is 24.6 Å². The number of benzene rings is 1. The molecule has 1 saturated heterocycles. The number of likely N-dealkylation sites (N-methyl/N-ethyl adjacent to an activating group) is 1. The third-order valence-electron chi connectivity index (χ3n) is 3.96. The van der Waals surface area contributed by atoms with E-state index in [2.05, 4.69) is 5.32 Å². The summed E-state index contributed by atoms with van der Waals surface area (Å²) in [5.41, 5.74) is -1.46. The van der Waals surface area contributed by atoms with E-state index in [0.29, 0.717) is 5.56 Å². The average Bonchev–Trinajstić information content (AvgIpc) is 2.56. The molecule has 0 bridgehead atoms. The number of barbiturate groups is 1.